The maximum absolute atomic E-state index is 12.3. The molecule has 1 N–H and O–H groups in total. The molecule has 4 heteroatoms. The molecule has 3 aromatic carbocycles. The lowest BCUT2D eigenvalue weighted by atomic mass is 9.98. The van der Waals surface area contributed by atoms with Gasteiger partial charge in [0.05, 0.1) is 0 Å². The summed E-state index contributed by atoms with van der Waals surface area (Å²) in [5, 5.41) is 2.82. The van der Waals surface area contributed by atoms with Crippen molar-refractivity contribution in [2.45, 2.75) is 12.5 Å². The monoisotopic (exact) mass is 385 g/mol. The number of hydrogen-bond donors (Lipinski definition) is 1. The summed E-state index contributed by atoms with van der Waals surface area (Å²) in [5.41, 5.74) is 5.72. The third-order valence-electron chi connectivity index (χ3n) is 5.10. The van der Waals surface area contributed by atoms with Crippen molar-refractivity contribution in [2.75, 3.05) is 13.2 Å². The maximum atomic E-state index is 12.3. The fraction of sp³-hybridized carbons (Fsp3) is 0.160. The van der Waals surface area contributed by atoms with Gasteiger partial charge in [0.15, 0.2) is 0 Å². The highest BCUT2D eigenvalue weighted by Gasteiger charge is 2.28. The molecule has 4 rings (SSSR count). The first-order valence-corrected chi connectivity index (χ1v) is 9.68. The number of rotatable bonds is 7. The Labute approximate surface area is 170 Å². The summed E-state index contributed by atoms with van der Waals surface area (Å²) in [6.45, 7) is 4.72. The molecular weight excluding hydrogens is 362 g/mol. The average Bonchev–Trinajstić information content (AvgIpc) is 3.09. The van der Waals surface area contributed by atoms with Crippen molar-refractivity contribution in [3.05, 3.63) is 102 Å². The van der Waals surface area contributed by atoms with Crippen LogP contribution in [0.5, 0.6) is 5.75 Å². The van der Waals surface area contributed by atoms with E-state index in [4.69, 9.17) is 9.47 Å². The molecule has 0 heterocycles. The van der Waals surface area contributed by atoms with Crippen molar-refractivity contribution in [2.24, 2.45) is 0 Å². The highest BCUT2D eigenvalue weighted by molar-refractivity contribution is 5.79. The fourth-order valence-corrected chi connectivity index (χ4v) is 3.76. The van der Waals surface area contributed by atoms with Gasteiger partial charge in [0.1, 0.15) is 19.0 Å². The standard InChI is InChI=1S/C25H23NO3/c1-2-15-28-24-14-8-3-9-18(24)16-26-25(27)29-17-23-21-12-6-4-10-19(21)20-11-5-7-13-22(20)23/h2-14,23H,1,15-17H2,(H,26,27). The molecule has 0 fully saturated rings. The van der Waals surface area contributed by atoms with Gasteiger partial charge in [-0.1, -0.05) is 79.4 Å². The summed E-state index contributed by atoms with van der Waals surface area (Å²) in [5.74, 6) is 0.780. The van der Waals surface area contributed by atoms with Crippen LogP contribution in [0.25, 0.3) is 11.1 Å². The minimum absolute atomic E-state index is 0.0522. The van der Waals surface area contributed by atoms with Crippen LogP contribution in [-0.4, -0.2) is 19.3 Å². The molecule has 1 amide bonds. The number of alkyl carbamates (subject to hydrolysis) is 1. The number of para-hydroxylation sites is 1. The number of ether oxygens (including phenoxy) is 2. The predicted molar refractivity (Wildman–Crippen MR) is 114 cm³/mol. The van der Waals surface area contributed by atoms with E-state index in [0.717, 1.165) is 11.3 Å². The van der Waals surface area contributed by atoms with E-state index in [2.05, 4.69) is 36.2 Å². The molecule has 0 atom stereocenters. The number of carbonyl (C=O) groups is 1. The Morgan fingerprint density at radius 2 is 1.55 bits per heavy atom. The molecule has 29 heavy (non-hydrogen) atoms. The first-order chi connectivity index (χ1) is 14.3. The van der Waals surface area contributed by atoms with E-state index in [9.17, 15) is 4.79 Å². The second kappa shape index (κ2) is 8.65. The summed E-state index contributed by atoms with van der Waals surface area (Å²) in [4.78, 5) is 12.3. The van der Waals surface area contributed by atoms with Crippen LogP contribution in [0, 0.1) is 0 Å². The van der Waals surface area contributed by atoms with Crippen molar-refractivity contribution < 1.29 is 14.3 Å². The Morgan fingerprint density at radius 3 is 2.24 bits per heavy atom. The normalized spacial score (nSPS) is 12.0. The molecule has 3 aromatic rings. The first-order valence-electron chi connectivity index (χ1n) is 9.68. The summed E-state index contributed by atoms with van der Waals surface area (Å²) < 4.78 is 11.2. The van der Waals surface area contributed by atoms with Gasteiger partial charge in [0.2, 0.25) is 0 Å². The van der Waals surface area contributed by atoms with Crippen LogP contribution in [0.1, 0.15) is 22.6 Å². The van der Waals surface area contributed by atoms with Gasteiger partial charge in [0, 0.05) is 18.0 Å². The lowest BCUT2D eigenvalue weighted by Crippen LogP contribution is -2.25. The first kappa shape index (κ1) is 18.8. The Bertz CT molecular complexity index is 982. The van der Waals surface area contributed by atoms with Gasteiger partial charge in [-0.25, -0.2) is 4.79 Å². The van der Waals surface area contributed by atoms with Crippen molar-refractivity contribution in [1.82, 2.24) is 5.32 Å². The van der Waals surface area contributed by atoms with E-state index in [1.54, 1.807) is 6.08 Å². The molecule has 0 saturated heterocycles. The Kier molecular flexibility index (Phi) is 5.61. The van der Waals surface area contributed by atoms with E-state index in [1.165, 1.54) is 22.3 Å². The Balaban J connectivity index is 1.39. The van der Waals surface area contributed by atoms with Crippen molar-refractivity contribution in [3.8, 4) is 16.9 Å². The fourth-order valence-electron chi connectivity index (χ4n) is 3.76. The SMILES string of the molecule is C=CCOc1ccccc1CNC(=O)OCC1c2ccccc2-c2ccccc21. The molecule has 0 unspecified atom stereocenters. The van der Waals surface area contributed by atoms with Gasteiger partial charge in [-0.15, -0.1) is 0 Å². The largest absolute Gasteiger partial charge is 0.489 e. The zero-order valence-electron chi connectivity index (χ0n) is 16.1. The summed E-state index contributed by atoms with van der Waals surface area (Å²) in [6.07, 6.45) is 1.25. The second-order valence-corrected chi connectivity index (χ2v) is 6.89. The van der Waals surface area contributed by atoms with Crippen LogP contribution in [0.3, 0.4) is 0 Å². The van der Waals surface area contributed by atoms with Gasteiger partial charge in [-0.2, -0.15) is 0 Å². The van der Waals surface area contributed by atoms with Crippen LogP contribution in [0.4, 0.5) is 4.79 Å². The maximum Gasteiger partial charge on any atom is 0.407 e. The van der Waals surface area contributed by atoms with Crippen molar-refractivity contribution in [3.63, 3.8) is 0 Å². The van der Waals surface area contributed by atoms with Gasteiger partial charge in [0.25, 0.3) is 0 Å². The van der Waals surface area contributed by atoms with E-state index >= 15 is 0 Å². The zero-order chi connectivity index (χ0) is 20.1. The zero-order valence-corrected chi connectivity index (χ0v) is 16.1. The lowest BCUT2D eigenvalue weighted by Gasteiger charge is -2.15. The van der Waals surface area contributed by atoms with Crippen molar-refractivity contribution >= 4 is 6.09 Å². The molecule has 1 aliphatic carbocycles. The number of hydrogen-bond acceptors (Lipinski definition) is 3. The molecule has 4 nitrogen and oxygen atoms in total. The third kappa shape index (κ3) is 4.02. The molecular formula is C25H23NO3. The highest BCUT2D eigenvalue weighted by atomic mass is 16.5. The molecule has 0 saturated carbocycles. The van der Waals surface area contributed by atoms with Crippen LogP contribution >= 0.6 is 0 Å². The van der Waals surface area contributed by atoms with Crippen LogP contribution in [-0.2, 0) is 11.3 Å². The smallest absolute Gasteiger partial charge is 0.407 e. The van der Waals surface area contributed by atoms with E-state index in [1.807, 2.05) is 48.5 Å². The Hall–Kier alpha value is -3.53. The van der Waals surface area contributed by atoms with E-state index in [-0.39, 0.29) is 5.92 Å². The summed E-state index contributed by atoms with van der Waals surface area (Å²) in [7, 11) is 0. The predicted octanol–water partition coefficient (Wildman–Crippen LogP) is 5.29. The number of nitrogens with one attached hydrogen (secondary N) is 1. The summed E-state index contributed by atoms with van der Waals surface area (Å²) in [6, 6.07) is 24.2. The number of carbonyl (C=O) groups excluding carboxylic acids is 1. The minimum atomic E-state index is -0.439. The highest BCUT2D eigenvalue weighted by Crippen LogP contribution is 2.44. The lowest BCUT2D eigenvalue weighted by molar-refractivity contribution is 0.142. The molecule has 146 valence electrons. The van der Waals surface area contributed by atoms with E-state index in [0.29, 0.717) is 19.8 Å². The van der Waals surface area contributed by atoms with Gasteiger partial charge in [-0.3, -0.25) is 0 Å². The quantitative estimate of drug-likeness (QED) is 0.562. The number of benzene rings is 3. The van der Waals surface area contributed by atoms with Crippen molar-refractivity contribution in [1.29, 1.82) is 0 Å². The van der Waals surface area contributed by atoms with E-state index < -0.39 is 6.09 Å². The van der Waals surface area contributed by atoms with Gasteiger partial charge < -0.3 is 14.8 Å². The molecule has 0 aromatic heterocycles. The number of amides is 1. The van der Waals surface area contributed by atoms with Gasteiger partial charge >= 0.3 is 6.09 Å². The topological polar surface area (TPSA) is 47.6 Å². The molecule has 0 radical (unpaired) electrons. The van der Waals surface area contributed by atoms with Crippen LogP contribution in [0.2, 0.25) is 0 Å². The molecule has 1 aliphatic rings. The second-order valence-electron chi connectivity index (χ2n) is 6.89. The molecule has 0 spiro atoms. The Morgan fingerprint density at radius 1 is 0.931 bits per heavy atom. The minimum Gasteiger partial charge on any atom is -0.489 e. The molecule has 0 bridgehead atoms. The molecule has 0 aliphatic heterocycles. The van der Waals surface area contributed by atoms with Gasteiger partial charge in [-0.05, 0) is 28.3 Å². The number of fused-ring (bicyclic) bond motifs is 3. The van der Waals surface area contributed by atoms with Crippen LogP contribution < -0.4 is 10.1 Å². The summed E-state index contributed by atoms with van der Waals surface area (Å²) >= 11 is 0. The third-order valence-corrected chi connectivity index (χ3v) is 5.10. The average molecular weight is 385 g/mol. The van der Waals surface area contributed by atoms with Crippen LogP contribution in [0.15, 0.2) is 85.5 Å².